The van der Waals surface area contributed by atoms with Crippen LogP contribution in [-0.2, 0) is 13.1 Å². The molecule has 2 N–H and O–H groups in total. The molecule has 1 heterocycles. The van der Waals surface area contributed by atoms with Crippen LogP contribution in [0.5, 0.6) is 17.2 Å². The maximum Gasteiger partial charge on any atom is 0.191 e. The summed E-state index contributed by atoms with van der Waals surface area (Å²) >= 11 is 0. The number of benzene rings is 2. The van der Waals surface area contributed by atoms with Gasteiger partial charge in [0.1, 0.15) is 5.75 Å². The molecule has 0 bridgehead atoms. The standard InChI is InChI=1S/C20H25N3O3.HI/c1-21-20(22-13-15-5-3-6-17(11-15)24-2)23-14-16-7-8-18-19(12-16)26-10-4-9-25-18;/h3,5-8,11-12H,4,9-10,13-14H2,1-2H3,(H2,21,22,23);1H. The largest absolute Gasteiger partial charge is 0.497 e. The lowest BCUT2D eigenvalue weighted by Gasteiger charge is -2.14. The highest BCUT2D eigenvalue weighted by Crippen LogP contribution is 2.30. The number of methoxy groups -OCH3 is 1. The Kier molecular flexibility index (Phi) is 8.50. The maximum absolute atomic E-state index is 5.74. The summed E-state index contributed by atoms with van der Waals surface area (Å²) in [6.45, 7) is 2.70. The van der Waals surface area contributed by atoms with Gasteiger partial charge < -0.3 is 24.8 Å². The number of nitrogens with zero attached hydrogens (tertiary/aromatic N) is 1. The van der Waals surface area contributed by atoms with Crippen molar-refractivity contribution >= 4 is 29.9 Å². The third-order valence-corrected chi connectivity index (χ3v) is 4.09. The molecule has 1 aliphatic heterocycles. The van der Waals surface area contributed by atoms with Gasteiger partial charge in [0.25, 0.3) is 0 Å². The van der Waals surface area contributed by atoms with Crippen LogP contribution in [0.25, 0.3) is 0 Å². The Bertz CT molecular complexity index is 768. The lowest BCUT2D eigenvalue weighted by molar-refractivity contribution is 0.297. The van der Waals surface area contributed by atoms with Gasteiger partial charge in [0.15, 0.2) is 17.5 Å². The molecule has 0 atom stereocenters. The normalized spacial score (nSPS) is 13.2. The summed E-state index contributed by atoms with van der Waals surface area (Å²) in [7, 11) is 3.43. The number of aliphatic imine (C=N–C) groups is 1. The van der Waals surface area contributed by atoms with E-state index in [0.29, 0.717) is 26.3 Å². The van der Waals surface area contributed by atoms with Gasteiger partial charge in [-0.15, -0.1) is 24.0 Å². The van der Waals surface area contributed by atoms with Crippen molar-refractivity contribution in [1.82, 2.24) is 10.6 Å². The number of nitrogens with one attached hydrogen (secondary N) is 2. The minimum atomic E-state index is 0. The Morgan fingerprint density at radius 2 is 1.70 bits per heavy atom. The lowest BCUT2D eigenvalue weighted by atomic mass is 10.2. The molecular weight excluding hydrogens is 457 g/mol. The number of rotatable bonds is 5. The van der Waals surface area contributed by atoms with Crippen LogP contribution in [0.3, 0.4) is 0 Å². The fourth-order valence-corrected chi connectivity index (χ4v) is 2.69. The van der Waals surface area contributed by atoms with Crippen molar-refractivity contribution in [3.05, 3.63) is 53.6 Å². The van der Waals surface area contributed by atoms with Gasteiger partial charge in [0.05, 0.1) is 20.3 Å². The molecule has 1 aliphatic rings. The predicted molar refractivity (Wildman–Crippen MR) is 117 cm³/mol. The molecule has 2 aromatic rings. The average Bonchev–Trinajstić information content (AvgIpc) is 2.93. The number of halogens is 1. The van der Waals surface area contributed by atoms with E-state index in [0.717, 1.165) is 40.8 Å². The van der Waals surface area contributed by atoms with Crippen LogP contribution in [0.1, 0.15) is 17.5 Å². The molecule has 3 rings (SSSR count). The Labute approximate surface area is 177 Å². The Hall–Kier alpha value is -2.16. The van der Waals surface area contributed by atoms with E-state index in [-0.39, 0.29) is 24.0 Å². The van der Waals surface area contributed by atoms with Crippen molar-refractivity contribution < 1.29 is 14.2 Å². The third-order valence-electron chi connectivity index (χ3n) is 4.09. The van der Waals surface area contributed by atoms with Crippen molar-refractivity contribution in [2.45, 2.75) is 19.5 Å². The van der Waals surface area contributed by atoms with Crippen molar-refractivity contribution in [1.29, 1.82) is 0 Å². The van der Waals surface area contributed by atoms with Crippen molar-refractivity contribution in [2.24, 2.45) is 4.99 Å². The van der Waals surface area contributed by atoms with E-state index in [1.54, 1.807) is 14.2 Å². The molecule has 7 heteroatoms. The number of hydrogen-bond acceptors (Lipinski definition) is 4. The number of ether oxygens (including phenoxy) is 3. The zero-order valence-corrected chi connectivity index (χ0v) is 18.0. The first-order chi connectivity index (χ1) is 12.8. The molecule has 146 valence electrons. The highest BCUT2D eigenvalue weighted by Gasteiger charge is 2.10. The fraction of sp³-hybridized carbons (Fsp3) is 0.350. The summed E-state index contributed by atoms with van der Waals surface area (Å²) < 4.78 is 16.7. The van der Waals surface area contributed by atoms with Crippen LogP contribution >= 0.6 is 24.0 Å². The molecule has 27 heavy (non-hydrogen) atoms. The van der Waals surface area contributed by atoms with Crippen LogP contribution in [0.15, 0.2) is 47.5 Å². The maximum atomic E-state index is 5.74. The van der Waals surface area contributed by atoms with E-state index in [1.807, 2.05) is 42.5 Å². The van der Waals surface area contributed by atoms with Crippen LogP contribution in [0.4, 0.5) is 0 Å². The summed E-state index contributed by atoms with van der Waals surface area (Å²) in [5.74, 6) is 3.20. The van der Waals surface area contributed by atoms with Crippen LogP contribution in [0, 0.1) is 0 Å². The molecule has 6 nitrogen and oxygen atoms in total. The predicted octanol–water partition coefficient (Wildman–Crippen LogP) is 3.34. The molecule has 2 aromatic carbocycles. The second-order valence-electron chi connectivity index (χ2n) is 5.96. The van der Waals surface area contributed by atoms with Gasteiger partial charge in [-0.3, -0.25) is 4.99 Å². The summed E-state index contributed by atoms with van der Waals surface area (Å²) in [5.41, 5.74) is 2.24. The zero-order chi connectivity index (χ0) is 18.2. The van der Waals surface area contributed by atoms with Gasteiger partial charge in [0, 0.05) is 26.6 Å². The number of guanidine groups is 1. The summed E-state index contributed by atoms with van der Waals surface area (Å²) in [4.78, 5) is 4.27. The van der Waals surface area contributed by atoms with E-state index in [4.69, 9.17) is 14.2 Å². The van der Waals surface area contributed by atoms with Gasteiger partial charge in [-0.25, -0.2) is 0 Å². The van der Waals surface area contributed by atoms with Crippen molar-refractivity contribution in [3.63, 3.8) is 0 Å². The van der Waals surface area contributed by atoms with Gasteiger partial charge in [0.2, 0.25) is 0 Å². The van der Waals surface area contributed by atoms with Crippen LogP contribution in [0.2, 0.25) is 0 Å². The monoisotopic (exact) mass is 483 g/mol. The van der Waals surface area contributed by atoms with Gasteiger partial charge in [-0.05, 0) is 35.4 Å². The molecule has 0 aliphatic carbocycles. The highest BCUT2D eigenvalue weighted by molar-refractivity contribution is 14.0. The van der Waals surface area contributed by atoms with Gasteiger partial charge in [-0.1, -0.05) is 18.2 Å². The first kappa shape index (κ1) is 21.1. The van der Waals surface area contributed by atoms with Crippen molar-refractivity contribution in [2.75, 3.05) is 27.4 Å². The van der Waals surface area contributed by atoms with Crippen molar-refractivity contribution in [3.8, 4) is 17.2 Å². The molecule has 0 saturated heterocycles. The Balaban J connectivity index is 0.00000261. The average molecular weight is 483 g/mol. The number of fused-ring (bicyclic) bond motifs is 1. The molecule has 0 unspecified atom stereocenters. The third kappa shape index (κ3) is 6.20. The highest BCUT2D eigenvalue weighted by atomic mass is 127. The molecule has 0 saturated carbocycles. The van der Waals surface area contributed by atoms with E-state index >= 15 is 0 Å². The van der Waals surface area contributed by atoms with E-state index in [9.17, 15) is 0 Å². The summed E-state index contributed by atoms with van der Waals surface area (Å²) in [5, 5.41) is 6.63. The lowest BCUT2D eigenvalue weighted by Crippen LogP contribution is -2.36. The van der Waals surface area contributed by atoms with E-state index in [2.05, 4.69) is 15.6 Å². The second kappa shape index (κ2) is 10.9. The molecule has 0 spiro atoms. The van der Waals surface area contributed by atoms with Gasteiger partial charge in [-0.2, -0.15) is 0 Å². The number of hydrogen-bond donors (Lipinski definition) is 2. The molecular formula is C20H26IN3O3. The smallest absolute Gasteiger partial charge is 0.191 e. The zero-order valence-electron chi connectivity index (χ0n) is 15.7. The van der Waals surface area contributed by atoms with Crippen LogP contribution in [-0.4, -0.2) is 33.3 Å². The fourth-order valence-electron chi connectivity index (χ4n) is 2.69. The van der Waals surface area contributed by atoms with E-state index in [1.165, 1.54) is 0 Å². The minimum absolute atomic E-state index is 0. The first-order valence-corrected chi connectivity index (χ1v) is 8.74. The Morgan fingerprint density at radius 1 is 1.00 bits per heavy atom. The minimum Gasteiger partial charge on any atom is -0.497 e. The summed E-state index contributed by atoms with van der Waals surface area (Å²) in [6.07, 6.45) is 0.906. The van der Waals surface area contributed by atoms with Crippen LogP contribution < -0.4 is 24.8 Å². The summed E-state index contributed by atoms with van der Waals surface area (Å²) in [6, 6.07) is 14.0. The molecule has 0 radical (unpaired) electrons. The molecule has 0 amide bonds. The molecule has 0 fully saturated rings. The molecule has 0 aromatic heterocycles. The quantitative estimate of drug-likeness (QED) is 0.388. The topological polar surface area (TPSA) is 64.1 Å². The second-order valence-corrected chi connectivity index (χ2v) is 5.96. The van der Waals surface area contributed by atoms with Gasteiger partial charge >= 0.3 is 0 Å². The SMILES string of the molecule is CN=C(NCc1cccc(OC)c1)NCc1ccc2c(c1)OCCCO2.I. The Morgan fingerprint density at radius 3 is 2.41 bits per heavy atom. The first-order valence-electron chi connectivity index (χ1n) is 8.74. The van der Waals surface area contributed by atoms with E-state index < -0.39 is 0 Å².